The minimum atomic E-state index is -1.01. The molecular weight excluding hydrogens is 230 g/mol. The minimum absolute atomic E-state index is 0.0791. The lowest BCUT2D eigenvalue weighted by Crippen LogP contribution is -2.04. The van der Waals surface area contributed by atoms with Crippen molar-refractivity contribution in [3.8, 4) is 0 Å². The molecule has 2 aromatic rings. The first kappa shape index (κ1) is 12.5. The molecule has 0 bridgehead atoms. The molecule has 2 rings (SSSR count). The van der Waals surface area contributed by atoms with E-state index in [-0.39, 0.29) is 5.69 Å². The van der Waals surface area contributed by atoms with Crippen molar-refractivity contribution < 1.29 is 9.90 Å². The SMILES string of the molecule is CCc1nc(C(=O)O)c2ccc(CC(C)C)nn12. The molecule has 0 saturated carbocycles. The first-order valence-electron chi connectivity index (χ1n) is 6.13. The molecule has 5 nitrogen and oxygen atoms in total. The topological polar surface area (TPSA) is 67.5 Å². The fourth-order valence-corrected chi connectivity index (χ4v) is 1.98. The summed E-state index contributed by atoms with van der Waals surface area (Å²) >= 11 is 0. The highest BCUT2D eigenvalue weighted by atomic mass is 16.4. The molecule has 2 aromatic heterocycles. The molecule has 0 spiro atoms. The fourth-order valence-electron chi connectivity index (χ4n) is 1.98. The monoisotopic (exact) mass is 247 g/mol. The third-order valence-corrected chi connectivity index (χ3v) is 2.75. The molecule has 0 aromatic carbocycles. The fraction of sp³-hybridized carbons (Fsp3) is 0.462. The zero-order valence-corrected chi connectivity index (χ0v) is 10.8. The van der Waals surface area contributed by atoms with E-state index in [0.29, 0.717) is 23.7 Å². The summed E-state index contributed by atoms with van der Waals surface area (Å²) in [6.07, 6.45) is 1.53. The van der Waals surface area contributed by atoms with E-state index in [4.69, 9.17) is 5.11 Å². The number of rotatable bonds is 4. The molecule has 0 atom stereocenters. The number of carboxylic acid groups (broad SMARTS) is 1. The van der Waals surface area contributed by atoms with Gasteiger partial charge in [-0.1, -0.05) is 20.8 Å². The summed E-state index contributed by atoms with van der Waals surface area (Å²) in [6, 6.07) is 3.67. The van der Waals surface area contributed by atoms with Crippen LogP contribution in [0.25, 0.3) is 5.52 Å². The van der Waals surface area contributed by atoms with E-state index in [0.717, 1.165) is 12.1 Å². The molecule has 0 aliphatic heterocycles. The summed E-state index contributed by atoms with van der Waals surface area (Å²) in [6.45, 7) is 6.20. The minimum Gasteiger partial charge on any atom is -0.476 e. The van der Waals surface area contributed by atoms with E-state index >= 15 is 0 Å². The van der Waals surface area contributed by atoms with Crippen molar-refractivity contribution in [2.75, 3.05) is 0 Å². The maximum absolute atomic E-state index is 11.1. The number of fused-ring (bicyclic) bond motifs is 1. The Labute approximate surface area is 105 Å². The second-order valence-corrected chi connectivity index (χ2v) is 4.76. The third-order valence-electron chi connectivity index (χ3n) is 2.75. The quantitative estimate of drug-likeness (QED) is 0.899. The largest absolute Gasteiger partial charge is 0.476 e. The van der Waals surface area contributed by atoms with Gasteiger partial charge in [0.2, 0.25) is 0 Å². The second kappa shape index (κ2) is 4.76. The molecule has 96 valence electrons. The predicted octanol–water partition coefficient (Wildman–Crippen LogP) is 2.19. The van der Waals surface area contributed by atoms with Crippen LogP contribution in [-0.2, 0) is 12.8 Å². The Morgan fingerprint density at radius 1 is 1.44 bits per heavy atom. The summed E-state index contributed by atoms with van der Waals surface area (Å²) in [7, 11) is 0. The van der Waals surface area contributed by atoms with E-state index in [1.54, 1.807) is 10.6 Å². The van der Waals surface area contributed by atoms with E-state index in [2.05, 4.69) is 23.9 Å². The molecule has 0 unspecified atom stereocenters. The lowest BCUT2D eigenvalue weighted by molar-refractivity contribution is 0.0693. The molecule has 0 saturated heterocycles. The van der Waals surface area contributed by atoms with Gasteiger partial charge < -0.3 is 5.11 Å². The van der Waals surface area contributed by atoms with Crippen molar-refractivity contribution in [3.05, 3.63) is 29.3 Å². The Hall–Kier alpha value is -1.91. The summed E-state index contributed by atoms with van der Waals surface area (Å²) in [5.41, 5.74) is 1.60. The zero-order valence-electron chi connectivity index (χ0n) is 10.8. The van der Waals surface area contributed by atoms with Crippen LogP contribution in [0.3, 0.4) is 0 Å². The van der Waals surface area contributed by atoms with Crippen LogP contribution in [0, 0.1) is 5.92 Å². The predicted molar refractivity (Wildman–Crippen MR) is 67.9 cm³/mol. The van der Waals surface area contributed by atoms with Gasteiger partial charge in [0.1, 0.15) is 5.82 Å². The number of nitrogens with zero attached hydrogens (tertiary/aromatic N) is 3. The highest BCUT2D eigenvalue weighted by Gasteiger charge is 2.17. The van der Waals surface area contributed by atoms with Crippen LogP contribution in [0.1, 0.15) is 42.8 Å². The smallest absolute Gasteiger partial charge is 0.356 e. The number of hydrogen-bond acceptors (Lipinski definition) is 3. The normalized spacial score (nSPS) is 11.3. The molecular formula is C13H17N3O2. The van der Waals surface area contributed by atoms with Crippen molar-refractivity contribution >= 4 is 11.5 Å². The summed E-state index contributed by atoms with van der Waals surface area (Å²) in [5.74, 6) is 0.195. The average molecular weight is 247 g/mol. The first-order valence-corrected chi connectivity index (χ1v) is 6.13. The molecule has 0 fully saturated rings. The number of hydrogen-bond donors (Lipinski definition) is 1. The molecule has 18 heavy (non-hydrogen) atoms. The number of aryl methyl sites for hydroxylation is 1. The average Bonchev–Trinajstić information content (AvgIpc) is 2.66. The number of aromatic nitrogens is 3. The number of aromatic carboxylic acids is 1. The van der Waals surface area contributed by atoms with Crippen LogP contribution in [0.15, 0.2) is 12.1 Å². The molecule has 5 heteroatoms. The van der Waals surface area contributed by atoms with Crippen molar-refractivity contribution in [1.29, 1.82) is 0 Å². The van der Waals surface area contributed by atoms with Gasteiger partial charge in [-0.15, -0.1) is 0 Å². The lowest BCUT2D eigenvalue weighted by Gasteiger charge is -2.05. The van der Waals surface area contributed by atoms with Crippen LogP contribution >= 0.6 is 0 Å². The Bertz CT molecular complexity index is 587. The van der Waals surface area contributed by atoms with Crippen LogP contribution in [0.5, 0.6) is 0 Å². The van der Waals surface area contributed by atoms with E-state index in [1.165, 1.54) is 0 Å². The molecule has 2 heterocycles. The Morgan fingerprint density at radius 2 is 2.17 bits per heavy atom. The highest BCUT2D eigenvalue weighted by Crippen LogP contribution is 2.14. The Kier molecular flexibility index (Phi) is 3.32. The molecule has 0 aliphatic rings. The van der Waals surface area contributed by atoms with Crippen LogP contribution < -0.4 is 0 Å². The lowest BCUT2D eigenvalue weighted by atomic mass is 10.1. The van der Waals surface area contributed by atoms with Crippen molar-refractivity contribution in [2.24, 2.45) is 5.92 Å². The van der Waals surface area contributed by atoms with E-state index < -0.39 is 5.97 Å². The molecule has 0 amide bonds. The van der Waals surface area contributed by atoms with Gasteiger partial charge in [0.05, 0.1) is 11.2 Å². The van der Waals surface area contributed by atoms with Gasteiger partial charge in [-0.25, -0.2) is 14.3 Å². The van der Waals surface area contributed by atoms with Gasteiger partial charge >= 0.3 is 5.97 Å². The van der Waals surface area contributed by atoms with Gasteiger partial charge in [-0.3, -0.25) is 0 Å². The first-order chi connectivity index (χ1) is 8.52. The van der Waals surface area contributed by atoms with E-state index in [1.807, 2.05) is 13.0 Å². The van der Waals surface area contributed by atoms with Gasteiger partial charge in [0, 0.05) is 6.42 Å². The van der Waals surface area contributed by atoms with E-state index in [9.17, 15) is 4.79 Å². The number of carbonyl (C=O) groups is 1. The number of carboxylic acids is 1. The summed E-state index contributed by atoms with van der Waals surface area (Å²) < 4.78 is 1.65. The third kappa shape index (κ3) is 2.20. The van der Waals surface area contributed by atoms with Crippen molar-refractivity contribution in [1.82, 2.24) is 14.6 Å². The maximum atomic E-state index is 11.1. The standard InChI is InChI=1S/C13H17N3O2/c1-4-11-14-12(13(17)18)10-6-5-9(7-8(2)3)15-16(10)11/h5-6,8H,4,7H2,1-3H3,(H,17,18). The van der Waals surface area contributed by atoms with Crippen LogP contribution in [0.2, 0.25) is 0 Å². The van der Waals surface area contributed by atoms with Crippen LogP contribution in [-0.4, -0.2) is 25.7 Å². The van der Waals surface area contributed by atoms with Gasteiger partial charge in [-0.2, -0.15) is 5.10 Å². The van der Waals surface area contributed by atoms with Crippen molar-refractivity contribution in [3.63, 3.8) is 0 Å². The summed E-state index contributed by atoms with van der Waals surface area (Å²) in [4.78, 5) is 15.2. The molecule has 1 N–H and O–H groups in total. The second-order valence-electron chi connectivity index (χ2n) is 4.76. The Morgan fingerprint density at radius 3 is 2.72 bits per heavy atom. The maximum Gasteiger partial charge on any atom is 0.356 e. The van der Waals surface area contributed by atoms with Crippen molar-refractivity contribution in [2.45, 2.75) is 33.6 Å². The number of imidazole rings is 1. The van der Waals surface area contributed by atoms with Gasteiger partial charge in [0.25, 0.3) is 0 Å². The Balaban J connectivity index is 2.58. The zero-order chi connectivity index (χ0) is 13.3. The van der Waals surface area contributed by atoms with Gasteiger partial charge in [0.15, 0.2) is 5.69 Å². The van der Waals surface area contributed by atoms with Gasteiger partial charge in [-0.05, 0) is 24.5 Å². The molecule has 0 radical (unpaired) electrons. The molecule has 0 aliphatic carbocycles. The highest BCUT2D eigenvalue weighted by molar-refractivity contribution is 5.93. The summed E-state index contributed by atoms with van der Waals surface area (Å²) in [5, 5.41) is 13.6. The van der Waals surface area contributed by atoms with Crippen LogP contribution in [0.4, 0.5) is 0 Å².